The summed E-state index contributed by atoms with van der Waals surface area (Å²) in [5, 5.41) is 22.2. The number of carbonyl (C=O) groups is 1. The van der Waals surface area contributed by atoms with Crippen molar-refractivity contribution in [3.05, 3.63) is 30.3 Å². The van der Waals surface area contributed by atoms with E-state index in [1.165, 1.54) is 0 Å². The van der Waals surface area contributed by atoms with Crippen molar-refractivity contribution in [1.29, 1.82) is 10.8 Å². The van der Waals surface area contributed by atoms with E-state index in [4.69, 9.17) is 20.8 Å². The highest BCUT2D eigenvalue weighted by Crippen LogP contribution is 2.20. The van der Waals surface area contributed by atoms with Gasteiger partial charge < -0.3 is 10.9 Å². The van der Waals surface area contributed by atoms with Crippen molar-refractivity contribution >= 4 is 26.7 Å². The van der Waals surface area contributed by atoms with Crippen LogP contribution in [0.5, 0.6) is 5.75 Å². The van der Waals surface area contributed by atoms with Gasteiger partial charge in [0.05, 0.1) is 0 Å². The fourth-order valence-corrected chi connectivity index (χ4v) is 3.60. The maximum atomic E-state index is 12.3. The molecule has 0 bridgehead atoms. The number of amides is 1. The highest BCUT2D eigenvalue weighted by atomic mass is 32.2. The monoisotopic (exact) mass is 371 g/mol. The second-order valence-corrected chi connectivity index (χ2v) is 7.05. The van der Waals surface area contributed by atoms with Gasteiger partial charge in [-0.15, -0.1) is 0 Å². The molecule has 25 heavy (non-hydrogen) atoms. The van der Waals surface area contributed by atoms with Crippen LogP contribution >= 0.6 is 0 Å². The minimum Gasteiger partial charge on any atom is -0.490 e. The summed E-state index contributed by atoms with van der Waals surface area (Å²) < 4.78 is 31.3. The Labute approximate surface area is 145 Å². The Morgan fingerprint density at radius 2 is 1.76 bits per heavy atom. The van der Waals surface area contributed by atoms with Gasteiger partial charge in [0.1, 0.15) is 11.9 Å². The number of hydrogen-bond donors (Lipinski definition) is 5. The quantitative estimate of drug-likeness (QED) is 0.218. The number of ether oxygens (including phenoxy) is 1. The molecule has 0 aliphatic carbocycles. The van der Waals surface area contributed by atoms with Crippen molar-refractivity contribution in [2.75, 3.05) is 13.1 Å². The van der Waals surface area contributed by atoms with Crippen LogP contribution in [0.1, 0.15) is 12.8 Å². The Hall–Kier alpha value is -2.34. The summed E-state index contributed by atoms with van der Waals surface area (Å²) in [6.07, 6.45) is 0.718. The van der Waals surface area contributed by atoms with E-state index in [0.29, 0.717) is 18.6 Å². The van der Waals surface area contributed by atoms with Crippen LogP contribution in [0, 0.1) is 10.8 Å². The van der Waals surface area contributed by atoms with Gasteiger partial charge in [-0.2, -0.15) is 4.31 Å². The fourth-order valence-electron chi connectivity index (χ4n) is 2.30. The molecule has 1 saturated heterocycles. The number of hydrogen-bond acceptors (Lipinski definition) is 8. The molecular weight excluding hydrogens is 350 g/mol. The van der Waals surface area contributed by atoms with Crippen LogP contribution in [0.2, 0.25) is 0 Å². The number of nitrogens with one attached hydrogen (secondary N) is 3. The number of carbonyl (C=O) groups excluding carboxylic acids is 1. The molecule has 1 fully saturated rings. The molecule has 0 atom stereocenters. The van der Waals surface area contributed by atoms with Crippen LogP contribution in [0.15, 0.2) is 30.3 Å². The molecule has 1 heterocycles. The van der Waals surface area contributed by atoms with E-state index in [1.54, 1.807) is 0 Å². The molecule has 1 amide bonds. The standard InChI is InChI=1S/C14H18N4O5S.H3N/c15-12(14(19)17-20)13(16)24(21,22)18-8-6-11(7-9-18)23-10-4-2-1-3-5-10;/h1-5,11,15-16,20H,6-9H2,(H,17,19);1H3. The first-order valence-corrected chi connectivity index (χ1v) is 8.64. The molecule has 138 valence electrons. The van der Waals surface area contributed by atoms with Gasteiger partial charge in [0.25, 0.3) is 15.9 Å². The SMILES string of the molecule is N.N=C(C(=N)S(=O)(=O)N1CCC(Oc2ccccc2)CC1)C(=O)NO. The van der Waals surface area contributed by atoms with E-state index >= 15 is 0 Å². The number of hydroxylamine groups is 1. The molecular formula is C14H21N5O5S. The van der Waals surface area contributed by atoms with Crippen molar-refractivity contribution in [2.45, 2.75) is 18.9 Å². The summed E-state index contributed by atoms with van der Waals surface area (Å²) in [7, 11) is -4.25. The smallest absolute Gasteiger partial charge is 0.295 e. The number of para-hydroxylation sites is 1. The van der Waals surface area contributed by atoms with Crippen LogP contribution in [-0.2, 0) is 14.8 Å². The largest absolute Gasteiger partial charge is 0.490 e. The Morgan fingerprint density at radius 3 is 2.28 bits per heavy atom. The van der Waals surface area contributed by atoms with Crippen LogP contribution in [0.4, 0.5) is 0 Å². The third-order valence-corrected chi connectivity index (χ3v) is 5.37. The zero-order chi connectivity index (χ0) is 17.7. The molecule has 0 aromatic heterocycles. The normalized spacial score (nSPS) is 15.7. The molecule has 0 saturated carbocycles. The lowest BCUT2D eigenvalue weighted by Gasteiger charge is -2.31. The van der Waals surface area contributed by atoms with Gasteiger partial charge in [-0.1, -0.05) is 18.2 Å². The van der Waals surface area contributed by atoms with Crippen molar-refractivity contribution in [2.24, 2.45) is 0 Å². The van der Waals surface area contributed by atoms with Crippen molar-refractivity contribution < 1.29 is 23.2 Å². The van der Waals surface area contributed by atoms with Gasteiger partial charge in [0, 0.05) is 13.1 Å². The lowest BCUT2D eigenvalue weighted by atomic mass is 10.1. The lowest BCUT2D eigenvalue weighted by molar-refractivity contribution is -0.122. The molecule has 0 radical (unpaired) electrons. The molecule has 7 N–H and O–H groups in total. The van der Waals surface area contributed by atoms with Gasteiger partial charge in [-0.05, 0) is 25.0 Å². The van der Waals surface area contributed by atoms with Gasteiger partial charge in [0.2, 0.25) is 0 Å². The topological polar surface area (TPSA) is 179 Å². The maximum absolute atomic E-state index is 12.3. The summed E-state index contributed by atoms with van der Waals surface area (Å²) in [4.78, 5) is 11.1. The maximum Gasteiger partial charge on any atom is 0.295 e. The zero-order valence-corrected chi connectivity index (χ0v) is 14.3. The molecule has 1 aromatic rings. The average molecular weight is 371 g/mol. The second kappa shape index (κ2) is 8.67. The summed E-state index contributed by atoms with van der Waals surface area (Å²) in [5.41, 5.74) is 0.0368. The number of nitrogens with zero attached hydrogens (tertiary/aromatic N) is 1. The van der Waals surface area contributed by atoms with Crippen molar-refractivity contribution in [1.82, 2.24) is 15.9 Å². The number of rotatable bonds is 5. The van der Waals surface area contributed by atoms with E-state index < -0.39 is 26.7 Å². The first kappa shape index (κ1) is 20.7. The average Bonchev–Trinajstić information content (AvgIpc) is 2.61. The minimum atomic E-state index is -4.25. The number of sulfonamides is 1. The van der Waals surface area contributed by atoms with Crippen LogP contribution in [0.3, 0.4) is 0 Å². The van der Waals surface area contributed by atoms with Gasteiger partial charge in [-0.25, -0.2) is 13.9 Å². The highest BCUT2D eigenvalue weighted by molar-refractivity contribution is 8.06. The Balaban J connectivity index is 0.00000312. The van der Waals surface area contributed by atoms with Gasteiger partial charge in [0.15, 0.2) is 10.8 Å². The molecule has 1 aliphatic heterocycles. The summed E-state index contributed by atoms with van der Waals surface area (Å²) in [5.74, 6) is -0.640. The Bertz CT molecular complexity index is 729. The van der Waals surface area contributed by atoms with Gasteiger partial charge >= 0.3 is 0 Å². The van der Waals surface area contributed by atoms with Crippen molar-refractivity contribution in [3.8, 4) is 5.75 Å². The number of piperidine rings is 1. The van der Waals surface area contributed by atoms with Crippen LogP contribution < -0.4 is 16.4 Å². The van der Waals surface area contributed by atoms with Crippen LogP contribution in [-0.4, -0.2) is 53.8 Å². The summed E-state index contributed by atoms with van der Waals surface area (Å²) in [6.45, 7) is 0.243. The third kappa shape index (κ3) is 4.82. The molecule has 0 spiro atoms. The van der Waals surface area contributed by atoms with E-state index in [0.717, 1.165) is 9.79 Å². The molecule has 1 aromatic carbocycles. The van der Waals surface area contributed by atoms with E-state index in [1.807, 2.05) is 30.3 Å². The summed E-state index contributed by atoms with van der Waals surface area (Å²) in [6, 6.07) is 9.18. The van der Waals surface area contributed by atoms with E-state index in [9.17, 15) is 13.2 Å². The van der Waals surface area contributed by atoms with Gasteiger partial charge in [-0.3, -0.25) is 20.8 Å². The minimum absolute atomic E-state index is 0. The van der Waals surface area contributed by atoms with Crippen LogP contribution in [0.25, 0.3) is 0 Å². The highest BCUT2D eigenvalue weighted by Gasteiger charge is 2.35. The zero-order valence-electron chi connectivity index (χ0n) is 13.4. The molecule has 11 heteroatoms. The Morgan fingerprint density at radius 1 is 1.20 bits per heavy atom. The summed E-state index contributed by atoms with van der Waals surface area (Å²) >= 11 is 0. The number of benzene rings is 1. The van der Waals surface area contributed by atoms with Crippen molar-refractivity contribution in [3.63, 3.8) is 0 Å². The third-order valence-electron chi connectivity index (χ3n) is 3.60. The van der Waals surface area contributed by atoms with E-state index in [-0.39, 0.29) is 25.3 Å². The first-order chi connectivity index (χ1) is 11.4. The predicted octanol–water partition coefficient (Wildman–Crippen LogP) is 0.524. The van der Waals surface area contributed by atoms with E-state index in [2.05, 4.69) is 0 Å². The predicted molar refractivity (Wildman–Crippen MR) is 91.0 cm³/mol. The first-order valence-electron chi connectivity index (χ1n) is 7.20. The second-order valence-electron chi connectivity index (χ2n) is 5.18. The molecule has 10 nitrogen and oxygen atoms in total. The molecule has 0 unspecified atom stereocenters. The fraction of sp³-hybridized carbons (Fsp3) is 0.357. The Kier molecular flexibility index (Phi) is 7.18. The molecule has 1 aliphatic rings. The molecule has 2 rings (SSSR count). The lowest BCUT2D eigenvalue weighted by Crippen LogP contribution is -2.47.